The highest BCUT2D eigenvalue weighted by Crippen LogP contribution is 2.24. The van der Waals surface area contributed by atoms with Crippen molar-refractivity contribution in [2.24, 2.45) is 5.41 Å². The van der Waals surface area contributed by atoms with Crippen LogP contribution in [0, 0.1) is 10.8 Å². The first-order valence-electron chi connectivity index (χ1n) is 11.1. The van der Waals surface area contributed by atoms with Crippen LogP contribution in [0.1, 0.15) is 59.8 Å². The van der Waals surface area contributed by atoms with E-state index in [4.69, 9.17) is 14.9 Å². The highest BCUT2D eigenvalue weighted by Gasteiger charge is 2.37. The zero-order valence-electron chi connectivity index (χ0n) is 19.6. The van der Waals surface area contributed by atoms with Crippen LogP contribution in [0.4, 0.5) is 0 Å². The summed E-state index contributed by atoms with van der Waals surface area (Å²) in [4.78, 5) is 15.0. The number of amides is 1. The van der Waals surface area contributed by atoms with Gasteiger partial charge in [-0.1, -0.05) is 25.8 Å². The van der Waals surface area contributed by atoms with E-state index in [1.807, 2.05) is 34.0 Å². The predicted octanol–water partition coefficient (Wildman–Crippen LogP) is 3.20. The molecular weight excluding hydrogens is 416 g/mol. The number of aliphatic hydroxyl groups excluding tert-OH is 1. The maximum Gasteiger partial charge on any atom is 0.246 e. The molecule has 2 aliphatic rings. The van der Waals surface area contributed by atoms with Gasteiger partial charge in [0.1, 0.15) is 0 Å². The third-order valence-electron chi connectivity index (χ3n) is 6.15. The number of allylic oxidation sites excluding steroid dienone is 1. The fourth-order valence-electron chi connectivity index (χ4n) is 3.73. The molecule has 2 aliphatic heterocycles. The van der Waals surface area contributed by atoms with E-state index in [0.717, 1.165) is 45.2 Å². The molecule has 2 saturated heterocycles. The van der Waals surface area contributed by atoms with Gasteiger partial charge in [0.15, 0.2) is 12.2 Å². The van der Waals surface area contributed by atoms with Gasteiger partial charge in [-0.05, 0) is 52.2 Å². The average Bonchev–Trinajstić information content (AvgIpc) is 2.73. The van der Waals surface area contributed by atoms with Crippen molar-refractivity contribution >= 4 is 23.6 Å². The van der Waals surface area contributed by atoms with Gasteiger partial charge in [-0.15, -0.1) is 0 Å². The minimum Gasteiger partial charge on any atom is -0.494 e. The van der Waals surface area contributed by atoms with Crippen molar-refractivity contribution < 1.29 is 19.4 Å². The Bertz CT molecular complexity index is 639. The zero-order valence-corrected chi connectivity index (χ0v) is 20.4. The molecule has 0 bridgehead atoms. The van der Waals surface area contributed by atoms with Gasteiger partial charge in [-0.3, -0.25) is 19.7 Å². The molecule has 2 rings (SSSR count). The van der Waals surface area contributed by atoms with Crippen LogP contribution in [0.2, 0.25) is 0 Å². The van der Waals surface area contributed by atoms with Crippen molar-refractivity contribution in [3.8, 4) is 0 Å². The molecule has 0 radical (unpaired) electrons. The molecule has 4 N–H and O–H groups in total. The summed E-state index contributed by atoms with van der Waals surface area (Å²) in [6.07, 6.45) is 8.04. The standard InChI is InChI=1S/C22H40N4O4S/c1-21(2,15-30-19-8-6-7-13-29-19)17(23)14-18(27)24-20(28)22(3,4)26-11-9-16(10-12-26)25-31-5/h14,16,19,23,25,27H,6-13,15H2,1-5H3,(H,24,28)/b18-14-,23-17?. The number of carbonyl (C=O) groups excluding carboxylic acids is 1. The van der Waals surface area contributed by atoms with Crippen molar-refractivity contribution in [2.45, 2.75) is 77.7 Å². The first kappa shape index (κ1) is 26.1. The molecular formula is C22H40N4O4S. The SMILES string of the molecule is CSNC1CCN(C(C)(C)C(=O)N/C(O)=C/C(=N)C(C)(C)COC2CCCCO2)CC1. The second kappa shape index (κ2) is 11.7. The van der Waals surface area contributed by atoms with Crippen molar-refractivity contribution in [1.29, 1.82) is 5.41 Å². The molecule has 1 unspecified atom stereocenters. The lowest BCUT2D eigenvalue weighted by Crippen LogP contribution is -2.58. The van der Waals surface area contributed by atoms with E-state index in [9.17, 15) is 9.90 Å². The van der Waals surface area contributed by atoms with Crippen molar-refractivity contribution in [2.75, 3.05) is 32.6 Å². The summed E-state index contributed by atoms with van der Waals surface area (Å²) in [7, 11) is 0. The number of nitrogens with zero attached hydrogens (tertiary/aromatic N) is 1. The molecule has 0 aromatic rings. The number of hydrogen-bond acceptors (Lipinski definition) is 8. The number of aliphatic hydroxyl groups is 1. The molecule has 9 heteroatoms. The van der Waals surface area contributed by atoms with Gasteiger partial charge in [-0.2, -0.15) is 0 Å². The van der Waals surface area contributed by atoms with Crippen molar-refractivity contribution in [1.82, 2.24) is 14.9 Å². The van der Waals surface area contributed by atoms with E-state index < -0.39 is 11.0 Å². The second-order valence-corrected chi connectivity index (χ2v) is 10.2. The van der Waals surface area contributed by atoms with Gasteiger partial charge in [0, 0.05) is 42.9 Å². The topological polar surface area (TPSA) is 107 Å². The minimum atomic E-state index is -0.759. The van der Waals surface area contributed by atoms with E-state index in [2.05, 4.69) is 14.9 Å². The maximum absolute atomic E-state index is 12.9. The van der Waals surface area contributed by atoms with Gasteiger partial charge >= 0.3 is 0 Å². The van der Waals surface area contributed by atoms with Crippen LogP contribution >= 0.6 is 11.9 Å². The number of carbonyl (C=O) groups is 1. The molecule has 0 spiro atoms. The Balaban J connectivity index is 1.87. The number of hydrogen-bond donors (Lipinski definition) is 4. The molecule has 178 valence electrons. The Hall–Kier alpha value is -1.13. The van der Waals surface area contributed by atoms with E-state index in [-0.39, 0.29) is 23.8 Å². The van der Waals surface area contributed by atoms with Crippen molar-refractivity contribution in [3.05, 3.63) is 12.0 Å². The van der Waals surface area contributed by atoms with Crippen LogP contribution < -0.4 is 10.0 Å². The number of rotatable bonds is 10. The summed E-state index contributed by atoms with van der Waals surface area (Å²) in [5, 5.41) is 21.3. The fourth-order valence-corrected chi connectivity index (χ4v) is 4.29. The molecule has 0 saturated carbocycles. The van der Waals surface area contributed by atoms with Crippen LogP contribution in [0.15, 0.2) is 12.0 Å². The van der Waals surface area contributed by atoms with Gasteiger partial charge in [-0.25, -0.2) is 0 Å². The normalized spacial score (nSPS) is 22.4. The number of nitrogens with one attached hydrogen (secondary N) is 3. The van der Waals surface area contributed by atoms with E-state index in [1.165, 1.54) is 6.08 Å². The molecule has 1 amide bonds. The minimum absolute atomic E-state index is 0.183. The largest absolute Gasteiger partial charge is 0.494 e. The Labute approximate surface area is 191 Å². The molecule has 0 aromatic carbocycles. The molecule has 8 nitrogen and oxygen atoms in total. The summed E-state index contributed by atoms with van der Waals surface area (Å²) >= 11 is 1.63. The Kier molecular flexibility index (Phi) is 9.82. The molecule has 1 atom stereocenters. The Morgan fingerprint density at radius 3 is 2.52 bits per heavy atom. The quantitative estimate of drug-likeness (QED) is 0.227. The Morgan fingerprint density at radius 2 is 1.94 bits per heavy atom. The monoisotopic (exact) mass is 456 g/mol. The zero-order chi connectivity index (χ0) is 23.1. The summed E-state index contributed by atoms with van der Waals surface area (Å²) in [6.45, 7) is 10.1. The second-order valence-electron chi connectivity index (χ2n) is 9.53. The number of likely N-dealkylation sites (tertiary alicyclic amines) is 1. The molecule has 2 heterocycles. The van der Waals surface area contributed by atoms with Crippen molar-refractivity contribution in [3.63, 3.8) is 0 Å². The van der Waals surface area contributed by atoms with Crippen LogP contribution in [-0.4, -0.2) is 72.1 Å². The van der Waals surface area contributed by atoms with E-state index in [0.29, 0.717) is 19.3 Å². The van der Waals surface area contributed by atoms with Crippen LogP contribution in [0.25, 0.3) is 0 Å². The van der Waals surface area contributed by atoms with E-state index in [1.54, 1.807) is 11.9 Å². The summed E-state index contributed by atoms with van der Waals surface area (Å²) in [6, 6.07) is 0.461. The van der Waals surface area contributed by atoms with Gasteiger partial charge < -0.3 is 20.0 Å². The summed E-state index contributed by atoms with van der Waals surface area (Å²) < 4.78 is 14.8. The lowest BCUT2D eigenvalue weighted by Gasteiger charge is -2.41. The molecule has 0 aromatic heterocycles. The predicted molar refractivity (Wildman–Crippen MR) is 125 cm³/mol. The number of ether oxygens (including phenoxy) is 2. The van der Waals surface area contributed by atoms with Crippen LogP contribution in [-0.2, 0) is 14.3 Å². The van der Waals surface area contributed by atoms with Gasteiger partial charge in [0.25, 0.3) is 0 Å². The smallest absolute Gasteiger partial charge is 0.246 e. The first-order valence-corrected chi connectivity index (χ1v) is 12.4. The highest BCUT2D eigenvalue weighted by atomic mass is 32.2. The average molecular weight is 457 g/mol. The van der Waals surface area contributed by atoms with E-state index >= 15 is 0 Å². The van der Waals surface area contributed by atoms with Crippen LogP contribution in [0.3, 0.4) is 0 Å². The Morgan fingerprint density at radius 1 is 1.26 bits per heavy atom. The third kappa shape index (κ3) is 7.75. The first-order chi connectivity index (χ1) is 14.6. The van der Waals surface area contributed by atoms with Gasteiger partial charge in [0.2, 0.25) is 5.91 Å². The molecule has 31 heavy (non-hydrogen) atoms. The highest BCUT2D eigenvalue weighted by molar-refractivity contribution is 7.96. The summed E-state index contributed by atoms with van der Waals surface area (Å²) in [5.74, 6) is -0.598. The number of piperidine rings is 1. The lowest BCUT2D eigenvalue weighted by atomic mass is 9.88. The molecule has 2 fully saturated rings. The third-order valence-corrected chi connectivity index (χ3v) is 6.71. The van der Waals surface area contributed by atoms with Crippen LogP contribution in [0.5, 0.6) is 0 Å². The van der Waals surface area contributed by atoms with Gasteiger partial charge in [0.05, 0.1) is 12.1 Å². The summed E-state index contributed by atoms with van der Waals surface area (Å²) in [5.41, 5.74) is -1.20. The fraction of sp³-hybridized carbons (Fsp3) is 0.818. The molecule has 0 aliphatic carbocycles. The lowest BCUT2D eigenvalue weighted by molar-refractivity contribution is -0.171. The maximum atomic E-state index is 12.9.